The summed E-state index contributed by atoms with van der Waals surface area (Å²) >= 11 is 0. The highest BCUT2D eigenvalue weighted by Gasteiger charge is 2.32. The summed E-state index contributed by atoms with van der Waals surface area (Å²) in [6.45, 7) is 6.27. The van der Waals surface area contributed by atoms with Gasteiger partial charge >= 0.3 is 0 Å². The fourth-order valence-corrected chi connectivity index (χ4v) is 2.13. The Morgan fingerprint density at radius 1 is 1.43 bits per heavy atom. The smallest absolute Gasteiger partial charge is 0.0910 e. The van der Waals surface area contributed by atoms with E-state index in [4.69, 9.17) is 5.21 Å². The topological polar surface area (TPSA) is 61.3 Å². The van der Waals surface area contributed by atoms with E-state index in [1.807, 2.05) is 6.92 Å². The zero-order chi connectivity index (χ0) is 10.3. The minimum absolute atomic E-state index is 0.135. The van der Waals surface area contributed by atoms with Crippen molar-refractivity contribution in [2.45, 2.75) is 33.6 Å². The minimum atomic E-state index is 0.135. The molecule has 1 heterocycles. The van der Waals surface area contributed by atoms with Gasteiger partial charge in [-0.15, -0.1) is 0 Å². The van der Waals surface area contributed by atoms with Gasteiger partial charge in [0.05, 0.1) is 11.4 Å². The van der Waals surface area contributed by atoms with Crippen molar-refractivity contribution in [1.82, 2.24) is 10.2 Å². The Morgan fingerprint density at radius 3 is 2.79 bits per heavy atom. The lowest BCUT2D eigenvalue weighted by atomic mass is 9.75. The summed E-state index contributed by atoms with van der Waals surface area (Å²) in [6, 6.07) is 0. The summed E-state index contributed by atoms with van der Waals surface area (Å²) in [5.74, 6) is 0. The van der Waals surface area contributed by atoms with Crippen molar-refractivity contribution in [2.24, 2.45) is 10.6 Å². The normalized spacial score (nSPS) is 22.4. The van der Waals surface area contributed by atoms with Crippen molar-refractivity contribution in [3.63, 3.8) is 0 Å². The van der Waals surface area contributed by atoms with Crippen LogP contribution in [0.5, 0.6) is 0 Å². The molecule has 0 bridgehead atoms. The second kappa shape index (κ2) is 2.83. The molecule has 1 aliphatic rings. The van der Waals surface area contributed by atoms with Gasteiger partial charge in [-0.2, -0.15) is 5.10 Å². The van der Waals surface area contributed by atoms with Crippen LogP contribution in [0.15, 0.2) is 5.16 Å². The van der Waals surface area contributed by atoms with Gasteiger partial charge in [0.2, 0.25) is 0 Å². The number of nitrogens with zero attached hydrogens (tertiary/aromatic N) is 2. The van der Waals surface area contributed by atoms with Crippen LogP contribution in [0.2, 0.25) is 0 Å². The Hall–Kier alpha value is -1.32. The van der Waals surface area contributed by atoms with Crippen molar-refractivity contribution in [3.05, 3.63) is 17.0 Å². The van der Waals surface area contributed by atoms with E-state index in [9.17, 15) is 0 Å². The van der Waals surface area contributed by atoms with Crippen LogP contribution >= 0.6 is 0 Å². The van der Waals surface area contributed by atoms with Gasteiger partial charge in [0.25, 0.3) is 0 Å². The fourth-order valence-electron chi connectivity index (χ4n) is 2.13. The molecule has 2 rings (SSSR count). The fraction of sp³-hybridized carbons (Fsp3) is 0.600. The highest BCUT2D eigenvalue weighted by atomic mass is 16.4. The summed E-state index contributed by atoms with van der Waals surface area (Å²) in [5, 5.41) is 19.5. The predicted molar refractivity (Wildman–Crippen MR) is 53.8 cm³/mol. The van der Waals surface area contributed by atoms with E-state index >= 15 is 0 Å². The van der Waals surface area contributed by atoms with Crippen molar-refractivity contribution in [2.75, 3.05) is 0 Å². The predicted octanol–water partition coefficient (Wildman–Crippen LogP) is 1.87. The molecule has 0 unspecified atom stereocenters. The number of nitrogens with one attached hydrogen (secondary N) is 1. The first-order valence-electron chi connectivity index (χ1n) is 4.79. The molecule has 0 aromatic carbocycles. The molecule has 0 spiro atoms. The third-order valence-electron chi connectivity index (χ3n) is 2.72. The average molecular weight is 193 g/mol. The monoisotopic (exact) mass is 193 g/mol. The molecule has 2 N–H and O–H groups in total. The first kappa shape index (κ1) is 9.24. The number of fused-ring (bicyclic) bond motifs is 1. The quantitative estimate of drug-likeness (QED) is 0.488. The van der Waals surface area contributed by atoms with Crippen LogP contribution in [-0.2, 0) is 6.42 Å². The van der Waals surface area contributed by atoms with Crippen LogP contribution in [0.1, 0.15) is 37.2 Å². The molecule has 1 aromatic heterocycles. The zero-order valence-electron chi connectivity index (χ0n) is 8.76. The van der Waals surface area contributed by atoms with E-state index in [0.717, 1.165) is 35.5 Å². The molecule has 1 aromatic rings. The van der Waals surface area contributed by atoms with Gasteiger partial charge in [0, 0.05) is 11.3 Å². The second-order valence-corrected chi connectivity index (χ2v) is 4.73. The molecule has 0 saturated carbocycles. The maximum absolute atomic E-state index is 8.96. The number of aryl methyl sites for hydroxylation is 1. The lowest BCUT2D eigenvalue weighted by molar-refractivity contribution is 0.306. The molecular formula is C10H15N3O. The first-order valence-corrected chi connectivity index (χ1v) is 4.79. The minimum Gasteiger partial charge on any atom is -0.411 e. The van der Waals surface area contributed by atoms with E-state index in [0.29, 0.717) is 0 Å². The third kappa shape index (κ3) is 1.31. The standard InChI is InChI=1S/C10H15N3O/c1-6-9-7(12-11-6)4-10(2,3)5-8(9)13-14/h14H,4-5H2,1-3H3,(H,11,12)/b13-8-. The number of hydrogen-bond acceptors (Lipinski definition) is 3. The summed E-state index contributed by atoms with van der Waals surface area (Å²) in [7, 11) is 0. The highest BCUT2D eigenvalue weighted by molar-refractivity contribution is 6.03. The average Bonchev–Trinajstić information content (AvgIpc) is 2.44. The van der Waals surface area contributed by atoms with Crippen LogP contribution in [0.4, 0.5) is 0 Å². The summed E-state index contributed by atoms with van der Waals surface area (Å²) in [6.07, 6.45) is 1.74. The Balaban J connectivity index is 2.54. The van der Waals surface area contributed by atoms with Crippen molar-refractivity contribution >= 4 is 5.71 Å². The molecule has 4 heteroatoms. The Kier molecular flexibility index (Phi) is 1.87. The van der Waals surface area contributed by atoms with Crippen LogP contribution in [-0.4, -0.2) is 21.1 Å². The molecule has 0 atom stereocenters. The molecule has 76 valence electrons. The Morgan fingerprint density at radius 2 is 2.14 bits per heavy atom. The van der Waals surface area contributed by atoms with Crippen LogP contribution in [0.25, 0.3) is 0 Å². The second-order valence-electron chi connectivity index (χ2n) is 4.73. The number of oxime groups is 1. The number of hydrogen-bond donors (Lipinski definition) is 2. The lowest BCUT2D eigenvalue weighted by Gasteiger charge is -2.28. The van der Waals surface area contributed by atoms with Crippen LogP contribution < -0.4 is 0 Å². The van der Waals surface area contributed by atoms with Gasteiger partial charge in [-0.05, 0) is 25.2 Å². The number of H-pyrrole nitrogens is 1. The van der Waals surface area contributed by atoms with Crippen molar-refractivity contribution in [3.8, 4) is 0 Å². The van der Waals surface area contributed by atoms with Crippen LogP contribution in [0.3, 0.4) is 0 Å². The SMILES string of the molecule is Cc1[nH]nc2c1/C(=N\O)CC(C)(C)C2. The Bertz CT molecular complexity index is 390. The summed E-state index contributed by atoms with van der Waals surface area (Å²) in [4.78, 5) is 0. The third-order valence-corrected chi connectivity index (χ3v) is 2.72. The maximum atomic E-state index is 8.96. The maximum Gasteiger partial charge on any atom is 0.0910 e. The van der Waals surface area contributed by atoms with Gasteiger partial charge < -0.3 is 5.21 Å². The first-order chi connectivity index (χ1) is 6.53. The number of rotatable bonds is 0. The van der Waals surface area contributed by atoms with E-state index in [2.05, 4.69) is 29.2 Å². The van der Waals surface area contributed by atoms with Gasteiger partial charge in [-0.1, -0.05) is 19.0 Å². The van der Waals surface area contributed by atoms with E-state index in [1.54, 1.807) is 0 Å². The van der Waals surface area contributed by atoms with Gasteiger partial charge in [0.1, 0.15) is 0 Å². The molecule has 0 aliphatic heterocycles. The molecular weight excluding hydrogens is 178 g/mol. The number of aromatic amines is 1. The van der Waals surface area contributed by atoms with E-state index in [-0.39, 0.29) is 5.41 Å². The lowest BCUT2D eigenvalue weighted by Crippen LogP contribution is -2.27. The van der Waals surface area contributed by atoms with Gasteiger partial charge in [0.15, 0.2) is 0 Å². The van der Waals surface area contributed by atoms with Crippen LogP contribution in [0, 0.1) is 12.3 Å². The molecule has 0 fully saturated rings. The molecule has 0 saturated heterocycles. The molecule has 1 aliphatic carbocycles. The number of aromatic nitrogens is 2. The van der Waals surface area contributed by atoms with E-state index in [1.165, 1.54) is 0 Å². The largest absolute Gasteiger partial charge is 0.411 e. The highest BCUT2D eigenvalue weighted by Crippen LogP contribution is 2.34. The summed E-state index contributed by atoms with van der Waals surface area (Å²) in [5.41, 5.74) is 3.90. The zero-order valence-corrected chi connectivity index (χ0v) is 8.76. The molecule has 4 nitrogen and oxygen atoms in total. The van der Waals surface area contributed by atoms with Crippen molar-refractivity contribution < 1.29 is 5.21 Å². The molecule has 0 amide bonds. The van der Waals surface area contributed by atoms with Crippen molar-refractivity contribution in [1.29, 1.82) is 0 Å². The summed E-state index contributed by atoms with van der Waals surface area (Å²) < 4.78 is 0. The molecule has 14 heavy (non-hydrogen) atoms. The molecule has 0 radical (unpaired) electrons. The van der Waals surface area contributed by atoms with E-state index < -0.39 is 0 Å². The Labute approximate surface area is 83.0 Å². The van der Waals surface area contributed by atoms with Gasteiger partial charge in [-0.3, -0.25) is 5.10 Å². The van der Waals surface area contributed by atoms with Gasteiger partial charge in [-0.25, -0.2) is 0 Å².